The maximum atomic E-state index is 12.0. The van der Waals surface area contributed by atoms with E-state index >= 15 is 0 Å². The van der Waals surface area contributed by atoms with E-state index in [2.05, 4.69) is 15.5 Å². The molecule has 1 aliphatic rings. The highest BCUT2D eigenvalue weighted by atomic mass is 16.5. The summed E-state index contributed by atoms with van der Waals surface area (Å²) in [4.78, 5) is 12.0. The van der Waals surface area contributed by atoms with Crippen LogP contribution in [0.1, 0.15) is 0 Å². The van der Waals surface area contributed by atoms with Crippen LogP contribution < -0.4 is 26.5 Å². The van der Waals surface area contributed by atoms with Gasteiger partial charge in [0, 0.05) is 10.9 Å². The van der Waals surface area contributed by atoms with Crippen LogP contribution in [0, 0.1) is 0 Å². The van der Waals surface area contributed by atoms with Crippen molar-refractivity contribution >= 4 is 22.1 Å². The zero-order valence-electron chi connectivity index (χ0n) is 14.8. The number of nitrogens with two attached hydrogens (primary N) is 1. The largest absolute Gasteiger partial charge is 0.449 e. The normalized spacial score (nSPS) is 15.0. The molecule has 1 unspecified atom stereocenters. The monoisotopic (exact) mass is 371 g/mol. The standard InChI is InChI=1S/C21H17N5O2/c22-26(21-23-17-7-3-4-8-18(17)28-21)14-11-9-13(10-12-14)19-15-5-1-2-6-16(15)20(27)25-24-19/h1-12,21,23H,22H2,(H,25,27). The van der Waals surface area contributed by atoms with E-state index in [0.717, 1.165) is 28.1 Å². The SMILES string of the molecule is NN(c1ccc(-c2n[nH]c(=O)c3ccccc23)cc1)C1Nc2ccccc2O1. The molecule has 1 aromatic heterocycles. The van der Waals surface area contributed by atoms with E-state index in [9.17, 15) is 4.79 Å². The first-order valence-corrected chi connectivity index (χ1v) is 8.85. The summed E-state index contributed by atoms with van der Waals surface area (Å²) < 4.78 is 5.85. The van der Waals surface area contributed by atoms with Crippen molar-refractivity contribution in [1.82, 2.24) is 10.2 Å². The predicted molar refractivity (Wildman–Crippen MR) is 109 cm³/mol. The van der Waals surface area contributed by atoms with Gasteiger partial charge in [-0.25, -0.2) is 10.9 Å². The van der Waals surface area contributed by atoms with Crippen molar-refractivity contribution < 1.29 is 4.74 Å². The second-order valence-corrected chi connectivity index (χ2v) is 6.51. The van der Waals surface area contributed by atoms with Gasteiger partial charge in [-0.05, 0) is 30.3 Å². The van der Waals surface area contributed by atoms with Gasteiger partial charge in [0.1, 0.15) is 5.75 Å². The Bertz CT molecular complexity index is 1190. The molecular weight excluding hydrogens is 354 g/mol. The van der Waals surface area contributed by atoms with Gasteiger partial charge in [0.2, 0.25) is 0 Å². The Morgan fingerprint density at radius 1 is 0.929 bits per heavy atom. The van der Waals surface area contributed by atoms with E-state index in [1.807, 2.05) is 66.7 Å². The van der Waals surface area contributed by atoms with Crippen molar-refractivity contribution in [3.8, 4) is 17.0 Å². The van der Waals surface area contributed by atoms with Gasteiger partial charge in [-0.1, -0.05) is 42.5 Å². The molecule has 7 nitrogen and oxygen atoms in total. The van der Waals surface area contributed by atoms with Gasteiger partial charge >= 0.3 is 0 Å². The topological polar surface area (TPSA) is 96.3 Å². The number of rotatable bonds is 3. The first-order valence-electron chi connectivity index (χ1n) is 8.85. The first kappa shape index (κ1) is 16.3. The molecule has 28 heavy (non-hydrogen) atoms. The molecule has 1 atom stereocenters. The molecule has 3 aromatic carbocycles. The Hall–Kier alpha value is -3.84. The van der Waals surface area contributed by atoms with E-state index in [1.54, 1.807) is 6.07 Å². The lowest BCUT2D eigenvalue weighted by atomic mass is 10.0. The van der Waals surface area contributed by atoms with Crippen molar-refractivity contribution in [3.63, 3.8) is 0 Å². The van der Waals surface area contributed by atoms with Crippen molar-refractivity contribution in [2.24, 2.45) is 5.84 Å². The van der Waals surface area contributed by atoms with Gasteiger partial charge < -0.3 is 10.1 Å². The molecular formula is C21H17N5O2. The van der Waals surface area contributed by atoms with Gasteiger partial charge in [-0.15, -0.1) is 0 Å². The fourth-order valence-corrected chi connectivity index (χ4v) is 3.36. The molecule has 4 N–H and O–H groups in total. The number of aromatic amines is 1. The zero-order chi connectivity index (χ0) is 19.1. The summed E-state index contributed by atoms with van der Waals surface area (Å²) in [5, 5.41) is 13.0. The molecule has 0 bridgehead atoms. The fraction of sp³-hybridized carbons (Fsp3) is 0.0476. The second-order valence-electron chi connectivity index (χ2n) is 6.51. The summed E-state index contributed by atoms with van der Waals surface area (Å²) in [6, 6.07) is 22.7. The maximum absolute atomic E-state index is 12.0. The highest BCUT2D eigenvalue weighted by molar-refractivity contribution is 5.93. The molecule has 0 saturated heterocycles. The average Bonchev–Trinajstić information content (AvgIpc) is 3.18. The number of anilines is 2. The Balaban J connectivity index is 1.44. The summed E-state index contributed by atoms with van der Waals surface area (Å²) in [5.74, 6) is 7.03. The van der Waals surface area contributed by atoms with Crippen molar-refractivity contribution in [1.29, 1.82) is 0 Å². The molecule has 0 spiro atoms. The Labute approximate surface area is 160 Å². The molecule has 0 amide bonds. The van der Waals surface area contributed by atoms with Gasteiger partial charge in [0.05, 0.1) is 22.5 Å². The lowest BCUT2D eigenvalue weighted by Crippen LogP contribution is -2.47. The molecule has 1 aliphatic heterocycles. The Morgan fingerprint density at radius 2 is 1.64 bits per heavy atom. The lowest BCUT2D eigenvalue weighted by Gasteiger charge is -2.25. The average molecular weight is 371 g/mol. The van der Waals surface area contributed by atoms with Crippen molar-refractivity contribution in [3.05, 3.63) is 83.2 Å². The highest BCUT2D eigenvalue weighted by Crippen LogP contribution is 2.33. The maximum Gasteiger partial charge on any atom is 0.272 e. The number of H-pyrrole nitrogens is 1. The minimum atomic E-state index is -0.490. The molecule has 7 heteroatoms. The Kier molecular flexibility index (Phi) is 3.73. The molecule has 0 saturated carbocycles. The minimum absolute atomic E-state index is 0.201. The molecule has 0 radical (unpaired) electrons. The number of aromatic nitrogens is 2. The van der Waals surface area contributed by atoms with E-state index < -0.39 is 6.35 Å². The Morgan fingerprint density at radius 3 is 2.43 bits per heavy atom. The molecule has 2 heterocycles. The van der Waals surface area contributed by atoms with Crippen LogP contribution in [0.15, 0.2) is 77.6 Å². The molecule has 0 fully saturated rings. The van der Waals surface area contributed by atoms with Crippen LogP contribution in [0.5, 0.6) is 5.75 Å². The number of ether oxygens (including phenoxy) is 1. The second kappa shape index (κ2) is 6.40. The number of fused-ring (bicyclic) bond motifs is 2. The summed E-state index contributed by atoms with van der Waals surface area (Å²) in [6.07, 6.45) is -0.490. The molecule has 138 valence electrons. The van der Waals surface area contributed by atoms with E-state index in [0.29, 0.717) is 11.1 Å². The quantitative estimate of drug-likeness (QED) is 0.378. The number of nitrogens with zero attached hydrogens (tertiary/aromatic N) is 2. The summed E-state index contributed by atoms with van der Waals surface area (Å²) in [7, 11) is 0. The van der Waals surface area contributed by atoms with Gasteiger partial charge in [0.25, 0.3) is 11.9 Å². The fourth-order valence-electron chi connectivity index (χ4n) is 3.36. The van der Waals surface area contributed by atoms with E-state index in [1.165, 1.54) is 5.01 Å². The van der Waals surface area contributed by atoms with Crippen LogP contribution in [0.4, 0.5) is 11.4 Å². The predicted octanol–water partition coefficient (Wildman–Crippen LogP) is 3.06. The highest BCUT2D eigenvalue weighted by Gasteiger charge is 2.26. The molecule has 0 aliphatic carbocycles. The lowest BCUT2D eigenvalue weighted by molar-refractivity contribution is 0.246. The number of hydrazine groups is 1. The van der Waals surface area contributed by atoms with Crippen molar-refractivity contribution in [2.75, 3.05) is 10.3 Å². The summed E-state index contributed by atoms with van der Waals surface area (Å²) in [5.41, 5.74) is 3.08. The third-order valence-electron chi connectivity index (χ3n) is 4.79. The molecule has 5 rings (SSSR count). The van der Waals surface area contributed by atoms with Gasteiger partial charge in [0.15, 0.2) is 0 Å². The van der Waals surface area contributed by atoms with Crippen LogP contribution in [-0.2, 0) is 0 Å². The van der Waals surface area contributed by atoms with Crippen LogP contribution in [-0.4, -0.2) is 16.5 Å². The number of nitrogens with one attached hydrogen (secondary N) is 2. The summed E-state index contributed by atoms with van der Waals surface area (Å²) in [6.45, 7) is 0. The van der Waals surface area contributed by atoms with E-state index in [4.69, 9.17) is 10.6 Å². The summed E-state index contributed by atoms with van der Waals surface area (Å²) >= 11 is 0. The van der Waals surface area contributed by atoms with Gasteiger partial charge in [-0.3, -0.25) is 9.80 Å². The van der Waals surface area contributed by atoms with Crippen molar-refractivity contribution in [2.45, 2.75) is 6.35 Å². The number of benzene rings is 3. The first-order chi connectivity index (χ1) is 13.7. The molecule has 4 aromatic rings. The number of hydrogen-bond acceptors (Lipinski definition) is 6. The minimum Gasteiger partial charge on any atom is -0.449 e. The van der Waals surface area contributed by atoms with Crippen LogP contribution in [0.3, 0.4) is 0 Å². The van der Waals surface area contributed by atoms with Crippen LogP contribution in [0.25, 0.3) is 22.0 Å². The number of para-hydroxylation sites is 2. The number of hydrogen-bond donors (Lipinski definition) is 3. The van der Waals surface area contributed by atoms with Crippen LogP contribution >= 0.6 is 0 Å². The smallest absolute Gasteiger partial charge is 0.272 e. The van der Waals surface area contributed by atoms with Gasteiger partial charge in [-0.2, -0.15) is 5.10 Å². The third-order valence-corrected chi connectivity index (χ3v) is 4.79. The van der Waals surface area contributed by atoms with E-state index in [-0.39, 0.29) is 5.56 Å². The zero-order valence-corrected chi connectivity index (χ0v) is 14.8. The third kappa shape index (κ3) is 2.65. The van der Waals surface area contributed by atoms with Crippen LogP contribution in [0.2, 0.25) is 0 Å².